The normalized spacial score (nSPS) is 21.9. The van der Waals surface area contributed by atoms with Crippen molar-refractivity contribution in [2.45, 2.75) is 39.2 Å². The molecule has 8 nitrogen and oxygen atoms in total. The summed E-state index contributed by atoms with van der Waals surface area (Å²) in [5.41, 5.74) is -1.16. The van der Waals surface area contributed by atoms with Crippen molar-refractivity contribution in [3.63, 3.8) is 0 Å². The molecule has 1 atom stereocenters. The number of amides is 1. The molecule has 2 heterocycles. The number of benzene rings is 1. The second-order valence-corrected chi connectivity index (χ2v) is 8.04. The van der Waals surface area contributed by atoms with Gasteiger partial charge in [0.25, 0.3) is 5.69 Å². The van der Waals surface area contributed by atoms with Crippen molar-refractivity contribution < 1.29 is 24.4 Å². The van der Waals surface area contributed by atoms with Crippen LogP contribution in [0.3, 0.4) is 0 Å². The number of piperidine rings is 1. The van der Waals surface area contributed by atoms with E-state index in [9.17, 15) is 24.8 Å². The average molecular weight is 362 g/mol. The molecule has 1 amide bonds. The molecule has 0 bridgehead atoms. The lowest BCUT2D eigenvalue weighted by Gasteiger charge is -2.51. The molecule has 26 heavy (non-hydrogen) atoms. The van der Waals surface area contributed by atoms with Gasteiger partial charge in [-0.25, -0.2) is 4.79 Å². The van der Waals surface area contributed by atoms with E-state index >= 15 is 0 Å². The first-order valence-electron chi connectivity index (χ1n) is 8.55. The molecule has 1 unspecified atom stereocenters. The van der Waals surface area contributed by atoms with Gasteiger partial charge in [0.05, 0.1) is 16.4 Å². The highest BCUT2D eigenvalue weighted by atomic mass is 16.6. The van der Waals surface area contributed by atoms with Crippen LogP contribution in [0.25, 0.3) is 0 Å². The predicted molar refractivity (Wildman–Crippen MR) is 92.6 cm³/mol. The molecule has 3 rings (SSSR count). The summed E-state index contributed by atoms with van der Waals surface area (Å²) >= 11 is 0. The average Bonchev–Trinajstić information content (AvgIpc) is 2.53. The lowest BCUT2D eigenvalue weighted by molar-refractivity contribution is -0.384. The highest BCUT2D eigenvalue weighted by molar-refractivity contribution is 6.03. The zero-order valence-corrected chi connectivity index (χ0v) is 15.0. The van der Waals surface area contributed by atoms with Gasteiger partial charge in [0.15, 0.2) is 5.78 Å². The van der Waals surface area contributed by atoms with Crippen LogP contribution >= 0.6 is 0 Å². The number of ether oxygens (including phenoxy) is 1. The van der Waals surface area contributed by atoms with E-state index in [0.29, 0.717) is 18.6 Å². The van der Waals surface area contributed by atoms with E-state index in [0.717, 1.165) is 0 Å². The van der Waals surface area contributed by atoms with E-state index in [1.165, 1.54) is 23.1 Å². The molecule has 1 saturated heterocycles. The van der Waals surface area contributed by atoms with E-state index in [2.05, 4.69) is 0 Å². The molecule has 1 aromatic carbocycles. The maximum atomic E-state index is 13.3. The molecule has 1 aromatic rings. The van der Waals surface area contributed by atoms with E-state index in [4.69, 9.17) is 4.74 Å². The van der Waals surface area contributed by atoms with Gasteiger partial charge in [0.1, 0.15) is 11.4 Å². The van der Waals surface area contributed by atoms with Gasteiger partial charge in [0, 0.05) is 38.1 Å². The van der Waals surface area contributed by atoms with Gasteiger partial charge in [-0.1, -0.05) is 20.8 Å². The first kappa shape index (κ1) is 18.2. The Balaban J connectivity index is 2.05. The molecule has 140 valence electrons. The Bertz CT molecular complexity index is 774. The minimum absolute atomic E-state index is 0.148. The number of carbonyl (C=O) groups is 2. The Hall–Kier alpha value is -2.64. The first-order valence-corrected chi connectivity index (χ1v) is 8.55. The Morgan fingerprint density at radius 2 is 1.96 bits per heavy atom. The molecule has 8 heteroatoms. The maximum Gasteiger partial charge on any atom is 0.407 e. The molecule has 1 spiro atoms. The fourth-order valence-electron chi connectivity index (χ4n) is 4.24. The number of hydrogen-bond donors (Lipinski definition) is 1. The molecule has 2 aliphatic heterocycles. The Kier molecular flexibility index (Phi) is 4.17. The third-order valence-electron chi connectivity index (χ3n) is 5.29. The number of nitrogens with zero attached hydrogens (tertiary/aromatic N) is 2. The van der Waals surface area contributed by atoms with Crippen LogP contribution < -0.4 is 4.74 Å². The highest BCUT2D eigenvalue weighted by Gasteiger charge is 2.55. The van der Waals surface area contributed by atoms with E-state index in [1.54, 1.807) is 0 Å². The van der Waals surface area contributed by atoms with Gasteiger partial charge < -0.3 is 14.7 Å². The quantitative estimate of drug-likeness (QED) is 0.606. The summed E-state index contributed by atoms with van der Waals surface area (Å²) in [6, 6.07) is 4.06. The van der Waals surface area contributed by atoms with Crippen molar-refractivity contribution >= 4 is 17.6 Å². The van der Waals surface area contributed by atoms with Crippen molar-refractivity contribution in [3.05, 3.63) is 33.9 Å². The number of carbonyl (C=O) groups excluding carboxylic acids is 1. The Morgan fingerprint density at radius 1 is 1.35 bits per heavy atom. The van der Waals surface area contributed by atoms with Crippen LogP contribution in [0.5, 0.6) is 5.75 Å². The summed E-state index contributed by atoms with van der Waals surface area (Å²) in [5, 5.41) is 20.3. The lowest BCUT2D eigenvalue weighted by Crippen LogP contribution is -2.60. The Morgan fingerprint density at radius 3 is 2.46 bits per heavy atom. The topological polar surface area (TPSA) is 110 Å². The van der Waals surface area contributed by atoms with Crippen molar-refractivity contribution in [2.75, 3.05) is 13.1 Å². The minimum Gasteiger partial charge on any atom is -0.486 e. The molecule has 2 aliphatic rings. The lowest BCUT2D eigenvalue weighted by atomic mass is 9.62. The number of fused-ring (bicyclic) bond motifs is 1. The number of likely N-dealkylation sites (tertiary alicyclic amines) is 1. The second-order valence-electron chi connectivity index (χ2n) is 8.04. The van der Waals surface area contributed by atoms with Gasteiger partial charge in [-0.15, -0.1) is 0 Å². The van der Waals surface area contributed by atoms with E-state index in [1.807, 2.05) is 20.8 Å². The van der Waals surface area contributed by atoms with Crippen molar-refractivity contribution in [1.82, 2.24) is 4.90 Å². The van der Waals surface area contributed by atoms with Crippen molar-refractivity contribution in [2.24, 2.45) is 11.3 Å². The predicted octanol–water partition coefficient (Wildman–Crippen LogP) is 3.34. The van der Waals surface area contributed by atoms with Crippen LogP contribution in [0.2, 0.25) is 0 Å². The summed E-state index contributed by atoms with van der Waals surface area (Å²) in [6.07, 6.45) is -0.169. The van der Waals surface area contributed by atoms with Crippen molar-refractivity contribution in [3.8, 4) is 5.75 Å². The van der Waals surface area contributed by atoms with Crippen LogP contribution in [-0.2, 0) is 0 Å². The van der Waals surface area contributed by atoms with Crippen LogP contribution in [0.15, 0.2) is 18.2 Å². The summed E-state index contributed by atoms with van der Waals surface area (Å²) in [5.74, 6) is -0.350. The molecule has 0 aromatic heterocycles. The number of nitro benzene ring substituents is 1. The van der Waals surface area contributed by atoms with Gasteiger partial charge in [-0.2, -0.15) is 0 Å². The number of rotatable bonds is 1. The zero-order valence-electron chi connectivity index (χ0n) is 15.0. The smallest absolute Gasteiger partial charge is 0.407 e. The van der Waals surface area contributed by atoms with Gasteiger partial charge >= 0.3 is 6.09 Å². The monoisotopic (exact) mass is 362 g/mol. The van der Waals surface area contributed by atoms with Gasteiger partial charge in [-0.3, -0.25) is 14.9 Å². The van der Waals surface area contributed by atoms with Crippen molar-refractivity contribution in [1.29, 1.82) is 0 Å². The van der Waals surface area contributed by atoms with Crippen LogP contribution in [-0.4, -0.2) is 45.5 Å². The standard InChI is InChI=1S/C18H22N2O6/c1-17(2,3)15-14(21)12-10-11(20(24)25)4-5-13(12)26-18(15)6-8-19(9-7-18)16(22)23/h4-5,10,15H,6-9H2,1-3H3,(H,22,23). The molecular formula is C18H22N2O6. The number of carboxylic acid groups (broad SMARTS) is 1. The van der Waals surface area contributed by atoms with Crippen LogP contribution in [0, 0.1) is 21.4 Å². The maximum absolute atomic E-state index is 13.3. The molecule has 0 saturated carbocycles. The third-order valence-corrected chi connectivity index (χ3v) is 5.29. The number of Topliss-reactive ketones (excluding diaryl/α,β-unsaturated/α-hetero) is 1. The van der Waals surface area contributed by atoms with Gasteiger partial charge in [-0.05, 0) is 11.5 Å². The molecule has 1 fully saturated rings. The zero-order chi connectivity index (χ0) is 19.3. The fraction of sp³-hybridized carbons (Fsp3) is 0.556. The third kappa shape index (κ3) is 2.89. The second kappa shape index (κ2) is 5.96. The van der Waals surface area contributed by atoms with E-state index < -0.39 is 28.0 Å². The molecule has 0 aliphatic carbocycles. The van der Waals surface area contributed by atoms with Gasteiger partial charge in [0.2, 0.25) is 0 Å². The largest absolute Gasteiger partial charge is 0.486 e. The fourth-order valence-corrected chi connectivity index (χ4v) is 4.24. The Labute approximate surface area is 150 Å². The number of nitro groups is 1. The summed E-state index contributed by atoms with van der Waals surface area (Å²) in [6.45, 7) is 6.39. The molecule has 0 radical (unpaired) electrons. The summed E-state index contributed by atoms with van der Waals surface area (Å²) in [4.78, 5) is 36.4. The summed E-state index contributed by atoms with van der Waals surface area (Å²) < 4.78 is 6.27. The van der Waals surface area contributed by atoms with Crippen LogP contribution in [0.4, 0.5) is 10.5 Å². The highest BCUT2D eigenvalue weighted by Crippen LogP contribution is 2.50. The SMILES string of the molecule is CC(C)(C)C1C(=O)c2cc([N+](=O)[O-])ccc2OC12CCN(C(=O)O)CC2. The van der Waals surface area contributed by atoms with Crippen LogP contribution in [0.1, 0.15) is 44.0 Å². The molecular weight excluding hydrogens is 340 g/mol. The number of non-ortho nitro benzene ring substituents is 1. The minimum atomic E-state index is -0.981. The molecule has 1 N–H and O–H groups in total. The first-order chi connectivity index (χ1) is 12.0. The summed E-state index contributed by atoms with van der Waals surface area (Å²) in [7, 11) is 0. The number of ketones is 1. The van der Waals surface area contributed by atoms with E-state index in [-0.39, 0.29) is 30.1 Å². The number of hydrogen-bond acceptors (Lipinski definition) is 5.